The number of piperazine rings is 1. The molecule has 1 unspecified atom stereocenters. The van der Waals surface area contributed by atoms with Crippen LogP contribution in [-0.4, -0.2) is 75.3 Å². The van der Waals surface area contributed by atoms with Crippen LogP contribution in [0.15, 0.2) is 46.6 Å². The van der Waals surface area contributed by atoms with Gasteiger partial charge in [-0.05, 0) is 70.1 Å². The van der Waals surface area contributed by atoms with E-state index < -0.39 is 11.6 Å². The summed E-state index contributed by atoms with van der Waals surface area (Å²) in [5.74, 6) is -0.0378. The molecule has 0 spiro atoms. The molecule has 3 aromatic rings. The molecule has 3 aliphatic heterocycles. The SMILES string of the molecule is C=CC(=O)N1C[C@H](C)N(c2nc(=O)n3c4c(c(-c5ccc(F)cc5F)c(C)cc24)SCC(N2CCC2)C3)C[C@H]1C. The topological polar surface area (TPSA) is 61.7 Å². The second kappa shape index (κ2) is 10.3. The number of hydrogen-bond acceptors (Lipinski definition) is 6. The summed E-state index contributed by atoms with van der Waals surface area (Å²) in [6, 6.07) is 5.62. The van der Waals surface area contributed by atoms with Gasteiger partial charge in [-0.1, -0.05) is 6.58 Å². The van der Waals surface area contributed by atoms with Crippen molar-refractivity contribution in [3.63, 3.8) is 0 Å². The normalized spacial score (nSPS) is 23.2. The van der Waals surface area contributed by atoms with E-state index in [1.807, 2.05) is 26.8 Å². The molecule has 2 fully saturated rings. The minimum atomic E-state index is -0.628. The minimum Gasteiger partial charge on any atom is -0.349 e. The third kappa shape index (κ3) is 4.41. The van der Waals surface area contributed by atoms with Crippen LogP contribution in [0.5, 0.6) is 0 Å². The minimum absolute atomic E-state index is 0.0874. The highest BCUT2D eigenvalue weighted by Gasteiger charge is 2.36. The monoisotopic (exact) mass is 565 g/mol. The summed E-state index contributed by atoms with van der Waals surface area (Å²) in [6.07, 6.45) is 2.47. The number of aryl methyl sites for hydroxylation is 1. The van der Waals surface area contributed by atoms with Crippen LogP contribution in [0.25, 0.3) is 22.0 Å². The molecular weight excluding hydrogens is 532 g/mol. The summed E-state index contributed by atoms with van der Waals surface area (Å²) >= 11 is 1.64. The number of anilines is 1. The molecule has 210 valence electrons. The van der Waals surface area contributed by atoms with Gasteiger partial charge in [-0.2, -0.15) is 4.98 Å². The van der Waals surface area contributed by atoms with Gasteiger partial charge in [0.25, 0.3) is 0 Å². The van der Waals surface area contributed by atoms with Crippen molar-refractivity contribution in [2.24, 2.45) is 0 Å². The van der Waals surface area contributed by atoms with Gasteiger partial charge < -0.3 is 9.80 Å². The lowest BCUT2D eigenvalue weighted by Gasteiger charge is -2.44. The zero-order chi connectivity index (χ0) is 28.3. The van der Waals surface area contributed by atoms with Crippen LogP contribution in [0, 0.1) is 18.6 Å². The summed E-state index contributed by atoms with van der Waals surface area (Å²) in [5, 5.41) is 0.831. The molecule has 0 radical (unpaired) electrons. The van der Waals surface area contributed by atoms with Crippen LogP contribution in [0.2, 0.25) is 0 Å². The Bertz CT molecular complexity index is 1590. The number of carbonyl (C=O) groups excluding carboxylic acids is 1. The lowest BCUT2D eigenvalue weighted by molar-refractivity contribution is -0.128. The van der Waals surface area contributed by atoms with E-state index in [1.54, 1.807) is 21.2 Å². The van der Waals surface area contributed by atoms with Crippen molar-refractivity contribution in [3.8, 4) is 11.1 Å². The molecule has 0 saturated carbocycles. The van der Waals surface area contributed by atoms with Gasteiger partial charge in [0.05, 0.1) is 5.52 Å². The van der Waals surface area contributed by atoms with Gasteiger partial charge in [0.15, 0.2) is 0 Å². The fourth-order valence-electron chi connectivity index (χ4n) is 6.29. The Balaban J connectivity index is 1.57. The van der Waals surface area contributed by atoms with Gasteiger partial charge >= 0.3 is 5.69 Å². The van der Waals surface area contributed by atoms with E-state index in [-0.39, 0.29) is 29.7 Å². The van der Waals surface area contributed by atoms with E-state index >= 15 is 4.39 Å². The third-order valence-electron chi connectivity index (χ3n) is 8.53. The molecule has 2 saturated heterocycles. The van der Waals surface area contributed by atoms with Crippen molar-refractivity contribution < 1.29 is 13.6 Å². The molecule has 40 heavy (non-hydrogen) atoms. The van der Waals surface area contributed by atoms with Crippen molar-refractivity contribution >= 4 is 34.4 Å². The zero-order valence-corrected chi connectivity index (χ0v) is 23.8. The predicted molar refractivity (Wildman–Crippen MR) is 155 cm³/mol. The smallest absolute Gasteiger partial charge is 0.349 e. The summed E-state index contributed by atoms with van der Waals surface area (Å²) < 4.78 is 30.8. The van der Waals surface area contributed by atoms with Crippen LogP contribution < -0.4 is 10.6 Å². The number of nitrogens with zero attached hydrogens (tertiary/aromatic N) is 5. The second-order valence-electron chi connectivity index (χ2n) is 11.1. The van der Waals surface area contributed by atoms with Crippen molar-refractivity contribution in [2.75, 3.05) is 36.8 Å². The van der Waals surface area contributed by atoms with E-state index in [0.29, 0.717) is 36.6 Å². The molecule has 0 N–H and O–H groups in total. The number of thioether (sulfide) groups is 1. The molecule has 1 amide bonds. The molecule has 6 rings (SSSR count). The molecule has 10 heteroatoms. The van der Waals surface area contributed by atoms with Gasteiger partial charge in [-0.3, -0.25) is 14.3 Å². The van der Waals surface area contributed by atoms with Crippen molar-refractivity contribution in [1.29, 1.82) is 0 Å². The lowest BCUT2D eigenvalue weighted by Crippen LogP contribution is -2.58. The third-order valence-corrected chi connectivity index (χ3v) is 9.77. The molecule has 0 bridgehead atoms. The van der Waals surface area contributed by atoms with Crippen LogP contribution in [0.4, 0.5) is 14.6 Å². The number of rotatable bonds is 4. The van der Waals surface area contributed by atoms with E-state index in [9.17, 15) is 14.0 Å². The quantitative estimate of drug-likeness (QED) is 0.436. The Morgan fingerprint density at radius 2 is 1.90 bits per heavy atom. The maximum Gasteiger partial charge on any atom is 0.350 e. The standard InChI is InChI=1S/C30H33F2N5O2S/c1-5-25(38)35-13-19(4)36(14-18(35)3)29-23-11-17(2)26(22-8-7-20(31)12-24(22)32)28-27(23)37(30(39)33-29)15-21(16-40-28)34-9-6-10-34/h5,7-8,11-12,18-19,21H,1,6,9-10,13-16H2,2-4H3/t18-,19+,21?/m1/s1. The van der Waals surface area contributed by atoms with Crippen LogP contribution in [0.3, 0.4) is 0 Å². The molecule has 7 nitrogen and oxygen atoms in total. The first-order valence-electron chi connectivity index (χ1n) is 13.8. The average molecular weight is 566 g/mol. The first kappa shape index (κ1) is 27.0. The molecule has 0 aliphatic carbocycles. The molecule has 4 heterocycles. The summed E-state index contributed by atoms with van der Waals surface area (Å²) in [4.78, 5) is 38.0. The Kier molecular flexibility index (Phi) is 6.94. The van der Waals surface area contributed by atoms with Crippen LogP contribution in [-0.2, 0) is 11.3 Å². The van der Waals surface area contributed by atoms with Crippen LogP contribution >= 0.6 is 11.8 Å². The summed E-state index contributed by atoms with van der Waals surface area (Å²) in [5.41, 5.74) is 2.25. The first-order chi connectivity index (χ1) is 19.2. The highest BCUT2D eigenvalue weighted by atomic mass is 32.2. The van der Waals surface area contributed by atoms with Crippen molar-refractivity contribution in [2.45, 2.75) is 56.8 Å². The Labute approximate surface area is 236 Å². The molecule has 3 aliphatic rings. The largest absolute Gasteiger partial charge is 0.350 e. The van der Waals surface area contributed by atoms with E-state index in [2.05, 4.69) is 21.4 Å². The number of likely N-dealkylation sites (tertiary alicyclic amines) is 1. The number of halogens is 2. The van der Waals surface area contributed by atoms with Gasteiger partial charge in [0.1, 0.15) is 17.5 Å². The van der Waals surface area contributed by atoms with Gasteiger partial charge in [-0.15, -0.1) is 11.8 Å². The Morgan fingerprint density at radius 3 is 2.58 bits per heavy atom. The number of carbonyl (C=O) groups is 1. The van der Waals surface area contributed by atoms with E-state index in [1.165, 1.54) is 18.2 Å². The van der Waals surface area contributed by atoms with Gasteiger partial charge in [0.2, 0.25) is 5.91 Å². The number of amides is 1. The average Bonchev–Trinajstić information content (AvgIpc) is 3.08. The van der Waals surface area contributed by atoms with Crippen LogP contribution in [0.1, 0.15) is 25.8 Å². The van der Waals surface area contributed by atoms with Gasteiger partial charge in [-0.25, -0.2) is 13.6 Å². The second-order valence-corrected chi connectivity index (χ2v) is 12.2. The molecular formula is C30H33F2N5O2S. The molecule has 1 aromatic heterocycles. The zero-order valence-electron chi connectivity index (χ0n) is 23.0. The maximum absolute atomic E-state index is 15.2. The highest BCUT2D eigenvalue weighted by Crippen LogP contribution is 2.45. The fourth-order valence-corrected chi connectivity index (χ4v) is 7.74. The summed E-state index contributed by atoms with van der Waals surface area (Å²) in [7, 11) is 0. The highest BCUT2D eigenvalue weighted by molar-refractivity contribution is 7.99. The van der Waals surface area contributed by atoms with Crippen molar-refractivity contribution in [3.05, 3.63) is 64.6 Å². The Hall–Kier alpha value is -3.24. The molecule has 2 aromatic carbocycles. The predicted octanol–water partition coefficient (Wildman–Crippen LogP) is 4.44. The molecule has 3 atom stereocenters. The van der Waals surface area contributed by atoms with E-state index in [4.69, 9.17) is 0 Å². The van der Waals surface area contributed by atoms with Crippen molar-refractivity contribution in [1.82, 2.24) is 19.4 Å². The van der Waals surface area contributed by atoms with Gasteiger partial charge in [0, 0.05) is 71.0 Å². The first-order valence-corrected chi connectivity index (χ1v) is 14.8. The fraction of sp³-hybridized carbons (Fsp3) is 0.433. The lowest BCUT2D eigenvalue weighted by atomic mass is 9.96. The number of benzene rings is 2. The maximum atomic E-state index is 15.2. The van der Waals surface area contributed by atoms with E-state index in [0.717, 1.165) is 52.7 Å². The number of aromatic nitrogens is 2. The number of hydrogen-bond donors (Lipinski definition) is 0. The summed E-state index contributed by atoms with van der Waals surface area (Å²) in [6.45, 7) is 13.1. The Morgan fingerprint density at radius 1 is 1.12 bits per heavy atom.